The van der Waals surface area contributed by atoms with Gasteiger partial charge in [0.05, 0.1) is 5.56 Å². The van der Waals surface area contributed by atoms with Gasteiger partial charge in [0.1, 0.15) is 0 Å². The molecule has 2 nitrogen and oxygen atoms in total. The lowest BCUT2D eigenvalue weighted by Crippen LogP contribution is -2.25. The van der Waals surface area contributed by atoms with E-state index in [1.54, 1.807) is 18.2 Å². The van der Waals surface area contributed by atoms with E-state index in [2.05, 4.69) is 6.58 Å². The number of hydrogen-bond donors (Lipinski definition) is 1. The summed E-state index contributed by atoms with van der Waals surface area (Å²) in [6.07, 6.45) is 4.22. The molecule has 0 aliphatic heterocycles. The average Bonchev–Trinajstić information content (AvgIpc) is 3.60. The van der Waals surface area contributed by atoms with Gasteiger partial charge in [-0.05, 0) is 101 Å². The van der Waals surface area contributed by atoms with Crippen LogP contribution >= 0.6 is 0 Å². The first-order valence-corrected chi connectivity index (χ1v) is 9.85. The van der Waals surface area contributed by atoms with Crippen LogP contribution in [0.25, 0.3) is 5.57 Å². The van der Waals surface area contributed by atoms with Gasteiger partial charge in [0.15, 0.2) is 0 Å². The van der Waals surface area contributed by atoms with Crippen LogP contribution in [0.2, 0.25) is 0 Å². The smallest absolute Gasteiger partial charge is 0.335 e. The summed E-state index contributed by atoms with van der Waals surface area (Å²) in [7, 11) is 0. The van der Waals surface area contributed by atoms with Crippen molar-refractivity contribution in [1.29, 1.82) is 0 Å². The summed E-state index contributed by atoms with van der Waals surface area (Å²) in [5.41, 5.74) is 4.67. The molecular weight excluding hydrogens is 358 g/mol. The summed E-state index contributed by atoms with van der Waals surface area (Å²) in [5, 5.41) is 9.08. The monoisotopic (exact) mass is 380 g/mol. The van der Waals surface area contributed by atoms with Gasteiger partial charge in [-0.1, -0.05) is 18.7 Å². The fourth-order valence-corrected chi connectivity index (χ4v) is 4.99. The minimum atomic E-state index is -2.57. The second-order valence-corrected chi connectivity index (χ2v) is 8.71. The molecule has 28 heavy (non-hydrogen) atoms. The zero-order valence-electron chi connectivity index (χ0n) is 15.6. The van der Waals surface area contributed by atoms with E-state index in [9.17, 15) is 13.6 Å². The van der Waals surface area contributed by atoms with Crippen molar-refractivity contribution in [3.63, 3.8) is 0 Å². The summed E-state index contributed by atoms with van der Waals surface area (Å²) in [6.45, 7) is 4.10. The van der Waals surface area contributed by atoms with Crippen molar-refractivity contribution < 1.29 is 18.7 Å². The largest absolute Gasteiger partial charge is 0.478 e. The van der Waals surface area contributed by atoms with Crippen LogP contribution in [0.15, 0.2) is 43.0 Å². The van der Waals surface area contributed by atoms with E-state index in [-0.39, 0.29) is 22.0 Å². The van der Waals surface area contributed by atoms with Crippen LogP contribution in [-0.4, -0.2) is 11.1 Å². The maximum atomic E-state index is 14.0. The number of fused-ring (bicyclic) bond motifs is 3. The number of aromatic carboxylic acids is 1. The minimum absolute atomic E-state index is 0.0510. The van der Waals surface area contributed by atoms with Crippen molar-refractivity contribution in [2.45, 2.75) is 55.8 Å². The molecule has 2 spiro atoms. The Kier molecular flexibility index (Phi) is 3.62. The number of halogens is 2. The van der Waals surface area contributed by atoms with E-state index in [4.69, 9.17) is 5.11 Å². The average molecular weight is 380 g/mol. The van der Waals surface area contributed by atoms with Gasteiger partial charge < -0.3 is 5.11 Å². The van der Waals surface area contributed by atoms with Crippen LogP contribution in [0.3, 0.4) is 0 Å². The van der Waals surface area contributed by atoms with E-state index < -0.39 is 12.4 Å². The standard InChI is InChI=1S/C24H22F2O2/c1-14(15-2-4-16(5-3-15)22(27)28)17-12-19-20(13-18(17)21(25)26)24(10-11-24)9-8-23(19)6-7-23/h2-5,12-13,21H,1,6-11H2,(H,27,28). The predicted molar refractivity (Wildman–Crippen MR) is 104 cm³/mol. The van der Waals surface area contributed by atoms with Crippen LogP contribution in [0.1, 0.15) is 83.1 Å². The molecular formula is C24H22F2O2. The molecule has 0 radical (unpaired) electrons. The lowest BCUT2D eigenvalue weighted by molar-refractivity contribution is 0.0697. The van der Waals surface area contributed by atoms with E-state index in [0.717, 1.165) is 44.1 Å². The normalized spacial score (nSPS) is 20.2. The zero-order chi connectivity index (χ0) is 19.7. The molecule has 0 unspecified atom stereocenters. The SMILES string of the molecule is C=C(c1ccc(C(=O)O)cc1)c1cc2c(cc1C(F)F)C1(CCC23CC3)CC1. The van der Waals surface area contributed by atoms with E-state index in [1.165, 1.54) is 17.7 Å². The molecule has 5 rings (SSSR count). The lowest BCUT2D eigenvalue weighted by atomic mass is 9.71. The molecule has 3 aliphatic rings. The summed E-state index contributed by atoms with van der Waals surface area (Å²) >= 11 is 0. The molecule has 144 valence electrons. The quantitative estimate of drug-likeness (QED) is 0.682. The van der Waals surface area contributed by atoms with Gasteiger partial charge in [-0.2, -0.15) is 0 Å². The highest BCUT2D eigenvalue weighted by atomic mass is 19.3. The highest BCUT2D eigenvalue weighted by Crippen LogP contribution is 2.66. The van der Waals surface area contributed by atoms with Crippen LogP contribution in [0, 0.1) is 0 Å². The number of carboxylic acid groups (broad SMARTS) is 1. The van der Waals surface area contributed by atoms with Gasteiger partial charge in [0, 0.05) is 5.56 Å². The first-order chi connectivity index (χ1) is 13.4. The van der Waals surface area contributed by atoms with E-state index >= 15 is 0 Å². The Morgan fingerprint density at radius 1 is 0.893 bits per heavy atom. The number of benzene rings is 2. The van der Waals surface area contributed by atoms with E-state index in [1.807, 2.05) is 6.07 Å². The Morgan fingerprint density at radius 2 is 1.36 bits per heavy atom. The van der Waals surface area contributed by atoms with Gasteiger partial charge in [0.25, 0.3) is 6.43 Å². The van der Waals surface area contributed by atoms with Crippen LogP contribution in [-0.2, 0) is 10.8 Å². The Morgan fingerprint density at radius 3 is 1.82 bits per heavy atom. The molecule has 4 heteroatoms. The van der Waals surface area contributed by atoms with Crippen LogP contribution in [0.4, 0.5) is 8.78 Å². The number of rotatable bonds is 4. The molecule has 2 aromatic carbocycles. The maximum absolute atomic E-state index is 14.0. The minimum Gasteiger partial charge on any atom is -0.478 e. The van der Waals surface area contributed by atoms with Crippen molar-refractivity contribution in [1.82, 2.24) is 0 Å². The lowest BCUT2D eigenvalue weighted by Gasteiger charge is -2.34. The summed E-state index contributed by atoms with van der Waals surface area (Å²) in [6, 6.07) is 10.0. The Bertz CT molecular complexity index is 996. The fraction of sp³-hybridized carbons (Fsp3) is 0.375. The molecule has 2 fully saturated rings. The Balaban J connectivity index is 1.63. The molecule has 2 saturated carbocycles. The maximum Gasteiger partial charge on any atom is 0.335 e. The molecule has 0 bridgehead atoms. The van der Waals surface area contributed by atoms with E-state index in [0.29, 0.717) is 16.7 Å². The molecule has 1 N–H and O–H groups in total. The summed E-state index contributed by atoms with van der Waals surface area (Å²) in [4.78, 5) is 11.1. The van der Waals surface area contributed by atoms with Crippen molar-refractivity contribution in [3.8, 4) is 0 Å². The van der Waals surface area contributed by atoms with Crippen molar-refractivity contribution in [2.75, 3.05) is 0 Å². The van der Waals surface area contributed by atoms with Gasteiger partial charge in [-0.3, -0.25) is 0 Å². The zero-order valence-corrected chi connectivity index (χ0v) is 15.6. The Labute approximate surface area is 162 Å². The van der Waals surface area contributed by atoms with Crippen LogP contribution < -0.4 is 0 Å². The van der Waals surface area contributed by atoms with Crippen LogP contribution in [0.5, 0.6) is 0 Å². The number of alkyl halides is 2. The highest BCUT2D eigenvalue weighted by Gasteiger charge is 2.57. The first kappa shape index (κ1) is 17.6. The number of carbonyl (C=O) groups is 1. The molecule has 0 amide bonds. The van der Waals surface area contributed by atoms with Gasteiger partial charge in [-0.25, -0.2) is 13.6 Å². The van der Waals surface area contributed by atoms with Gasteiger partial charge in [0.2, 0.25) is 0 Å². The molecule has 0 saturated heterocycles. The van der Waals surface area contributed by atoms with Gasteiger partial charge in [-0.15, -0.1) is 0 Å². The second kappa shape index (κ2) is 5.76. The molecule has 3 aliphatic carbocycles. The fourth-order valence-electron chi connectivity index (χ4n) is 4.99. The second-order valence-electron chi connectivity index (χ2n) is 8.71. The predicted octanol–water partition coefficient (Wildman–Crippen LogP) is 6.24. The molecule has 0 aromatic heterocycles. The highest BCUT2D eigenvalue weighted by molar-refractivity contribution is 5.89. The number of hydrogen-bond acceptors (Lipinski definition) is 1. The topological polar surface area (TPSA) is 37.3 Å². The van der Waals surface area contributed by atoms with Crippen molar-refractivity contribution in [2.24, 2.45) is 0 Å². The molecule has 0 atom stereocenters. The third-order valence-corrected chi connectivity index (χ3v) is 7.16. The molecule has 0 heterocycles. The first-order valence-electron chi connectivity index (χ1n) is 9.85. The molecule has 2 aromatic rings. The number of carboxylic acids is 1. The summed E-state index contributed by atoms with van der Waals surface area (Å²) < 4.78 is 28.0. The van der Waals surface area contributed by atoms with Crippen molar-refractivity contribution in [3.05, 3.63) is 76.4 Å². The third kappa shape index (κ3) is 2.54. The van der Waals surface area contributed by atoms with Crippen molar-refractivity contribution >= 4 is 11.5 Å². The summed E-state index contributed by atoms with van der Waals surface area (Å²) in [5.74, 6) is -1.01. The third-order valence-electron chi connectivity index (χ3n) is 7.16. The Hall–Kier alpha value is -2.49. The van der Waals surface area contributed by atoms with Gasteiger partial charge >= 0.3 is 5.97 Å².